The number of aliphatic imine (C=N–C) groups is 2. The minimum Gasteiger partial charge on any atom is -0.469 e. The third-order valence-corrected chi connectivity index (χ3v) is 18.6. The van der Waals surface area contributed by atoms with Crippen molar-refractivity contribution in [2.45, 2.75) is 186 Å². The molecule has 0 aromatic heterocycles. The first-order valence-electron chi connectivity index (χ1n) is 26.4. The summed E-state index contributed by atoms with van der Waals surface area (Å²) in [5.74, 6) is 2.54. The minimum atomic E-state index is -2.76. The van der Waals surface area contributed by atoms with Crippen LogP contribution in [0, 0.1) is 0 Å². The summed E-state index contributed by atoms with van der Waals surface area (Å²) in [6, 6.07) is 27.0. The highest BCUT2D eigenvalue weighted by molar-refractivity contribution is 6.65. The number of hydrogen-bond donors (Lipinski definition) is 0. The van der Waals surface area contributed by atoms with Crippen LogP contribution < -0.4 is 7.77 Å². The van der Waals surface area contributed by atoms with Crippen molar-refractivity contribution in [3.8, 4) is 0 Å². The van der Waals surface area contributed by atoms with Crippen molar-refractivity contribution in [2.24, 2.45) is 9.98 Å². The minimum absolute atomic E-state index is 0.154. The van der Waals surface area contributed by atoms with Gasteiger partial charge in [-0.15, -0.1) is 0 Å². The van der Waals surface area contributed by atoms with Crippen LogP contribution in [-0.4, -0.2) is 58.6 Å². The highest BCUT2D eigenvalue weighted by Crippen LogP contribution is 2.42. The Hall–Kier alpha value is -3.76. The van der Waals surface area contributed by atoms with E-state index in [0.717, 1.165) is 34.2 Å². The van der Waals surface area contributed by atoms with Crippen molar-refractivity contribution in [2.75, 3.05) is 25.5 Å². The smallest absolute Gasteiger partial charge is 0.469 e. The Labute approximate surface area is 435 Å². The molecule has 1 heterocycles. The molecular weight excluding hydrogens is 891 g/mol. The number of ether oxygens (including phenoxy) is 1. The molecule has 9 heteroatoms. The lowest BCUT2D eigenvalue weighted by molar-refractivity contribution is 0.0110. The fraction of sp³-hybridized carbons (Fsp3) is 0.508. The Morgan fingerprint density at radius 2 is 0.729 bits per heavy atom. The number of anilines is 2. The van der Waals surface area contributed by atoms with Gasteiger partial charge in [0.05, 0.1) is 11.4 Å². The predicted octanol–water partition coefficient (Wildman–Crippen LogP) is 17.5. The molecule has 376 valence electrons. The molecule has 5 rings (SSSR count). The van der Waals surface area contributed by atoms with Crippen LogP contribution in [0.5, 0.6) is 0 Å². The molecule has 1 aliphatic heterocycles. The summed E-state index contributed by atoms with van der Waals surface area (Å²) in [6.45, 7) is 45.4. The van der Waals surface area contributed by atoms with E-state index in [9.17, 15) is 0 Å². The zero-order chi connectivity index (χ0) is 51.7. The molecule has 1 fully saturated rings. The van der Waals surface area contributed by atoms with Gasteiger partial charge < -0.3 is 20.1 Å². The molecule has 0 spiro atoms. The molecule has 0 aliphatic carbocycles. The van der Waals surface area contributed by atoms with E-state index >= 15 is 0 Å². The summed E-state index contributed by atoms with van der Waals surface area (Å²) in [7, 11) is 0. The molecule has 4 aromatic rings. The van der Waals surface area contributed by atoms with E-state index in [4.69, 9.17) is 22.3 Å². The predicted molar refractivity (Wildman–Crippen MR) is 306 cm³/mol. The van der Waals surface area contributed by atoms with Gasteiger partial charge in [0.2, 0.25) is 0 Å². The van der Waals surface area contributed by atoms with Gasteiger partial charge in [0.25, 0.3) is 0 Å². The zero-order valence-corrected chi connectivity index (χ0v) is 49.3. The molecule has 0 N–H and O–H groups in total. The van der Waals surface area contributed by atoms with E-state index < -0.39 is 29.4 Å². The summed E-state index contributed by atoms with van der Waals surface area (Å²) < 4.78 is 26.2. The second-order valence-corrected chi connectivity index (χ2v) is 26.4. The first kappa shape index (κ1) is 57.2. The molecule has 0 unspecified atom stereocenters. The van der Waals surface area contributed by atoms with E-state index in [1.807, 2.05) is 0 Å². The van der Waals surface area contributed by atoms with Gasteiger partial charge in [0.15, 0.2) is 0 Å². The topological polar surface area (TPSA) is 58.9 Å². The Balaban J connectivity index is 1.71. The maximum Gasteiger partial charge on any atom is 0.855 e. The zero-order valence-electron chi connectivity index (χ0n) is 47.0. The largest absolute Gasteiger partial charge is 0.855 e. The molecular formula is C61H88Al2N4O3. The number of nitrogens with zero attached hydrogens (tertiary/aromatic N) is 4. The van der Waals surface area contributed by atoms with Gasteiger partial charge in [-0.05, 0) is 149 Å². The number of benzene rings is 4. The molecule has 0 atom stereocenters. The van der Waals surface area contributed by atoms with Crippen molar-refractivity contribution >= 4 is 63.6 Å². The molecule has 0 bridgehead atoms. The first-order chi connectivity index (χ1) is 33.0. The Morgan fingerprint density at radius 3 is 1.06 bits per heavy atom. The molecule has 0 radical (unpaired) electrons. The summed E-state index contributed by atoms with van der Waals surface area (Å²) in [5, 5.41) is 0. The van der Waals surface area contributed by atoms with E-state index in [1.54, 1.807) is 0 Å². The lowest BCUT2D eigenvalue weighted by atomic mass is 9.92. The SMILES string of the molecule is CC(/C=C(\C)[N](c1c(C(C)C)cccc1C(C)C)[Al]1[CH2]OC[O][Al]([N](/C(C)=C/C(C)=Nc2c(C(C)C)cccc2C(C)C)c2c(C(C)C)cccc2C(C)C)[O][CH2]1)=Nc1c(C(C)C)cccc1C(C)C. The monoisotopic (exact) mass is 979 g/mol. The van der Waals surface area contributed by atoms with Gasteiger partial charge in [-0.3, -0.25) is 9.98 Å². The molecule has 1 saturated heterocycles. The van der Waals surface area contributed by atoms with Crippen molar-refractivity contribution in [1.82, 2.24) is 0 Å². The summed E-state index contributed by atoms with van der Waals surface area (Å²) in [4.78, 5) is 10.9. The molecule has 0 saturated carbocycles. The van der Waals surface area contributed by atoms with Gasteiger partial charge in [-0.25, -0.2) is 0 Å². The summed E-state index contributed by atoms with van der Waals surface area (Å²) >= 11 is -4.92. The normalized spacial score (nSPS) is 15.0. The number of allylic oxidation sites excluding steroid dienone is 4. The lowest BCUT2D eigenvalue weighted by Crippen LogP contribution is -2.54. The van der Waals surface area contributed by atoms with Crippen LogP contribution in [0.3, 0.4) is 0 Å². The van der Waals surface area contributed by atoms with Crippen molar-refractivity contribution in [1.29, 1.82) is 0 Å². The molecule has 0 amide bonds. The number of rotatable bonds is 18. The van der Waals surface area contributed by atoms with Crippen LogP contribution in [-0.2, 0) is 12.3 Å². The van der Waals surface area contributed by atoms with Crippen molar-refractivity contribution in [3.63, 3.8) is 0 Å². The highest BCUT2D eigenvalue weighted by atomic mass is 27.2. The maximum atomic E-state index is 7.49. The molecule has 4 aromatic carbocycles. The summed E-state index contributed by atoms with van der Waals surface area (Å²) in [5.41, 5.74) is 20.2. The van der Waals surface area contributed by atoms with E-state index in [0.29, 0.717) is 46.4 Å². The third-order valence-electron chi connectivity index (χ3n) is 13.6. The van der Waals surface area contributed by atoms with Gasteiger partial charge in [-0.1, -0.05) is 184 Å². The molecule has 70 heavy (non-hydrogen) atoms. The van der Waals surface area contributed by atoms with Gasteiger partial charge in [-0.2, -0.15) is 0 Å². The third kappa shape index (κ3) is 13.8. The van der Waals surface area contributed by atoms with Crippen LogP contribution in [0.1, 0.15) is 230 Å². The van der Waals surface area contributed by atoms with E-state index in [1.165, 1.54) is 55.9 Å². The van der Waals surface area contributed by atoms with Crippen LogP contribution in [0.25, 0.3) is 0 Å². The second kappa shape index (κ2) is 25.8. The van der Waals surface area contributed by atoms with Crippen LogP contribution in [0.2, 0.25) is 0 Å². The van der Waals surface area contributed by atoms with Crippen LogP contribution in [0.15, 0.2) is 106 Å². The average molecular weight is 979 g/mol. The van der Waals surface area contributed by atoms with E-state index in [2.05, 4.69) is 231 Å². The van der Waals surface area contributed by atoms with E-state index in [-0.39, 0.29) is 18.6 Å². The molecule has 7 nitrogen and oxygen atoms in total. The van der Waals surface area contributed by atoms with Gasteiger partial charge in [0.1, 0.15) is 6.79 Å². The molecule has 1 aliphatic rings. The Kier molecular flexibility index (Phi) is 21.0. The van der Waals surface area contributed by atoms with Gasteiger partial charge >= 0.3 is 29.4 Å². The van der Waals surface area contributed by atoms with Crippen LogP contribution in [0.4, 0.5) is 22.7 Å². The highest BCUT2D eigenvalue weighted by Gasteiger charge is 2.45. The van der Waals surface area contributed by atoms with Gasteiger partial charge in [0, 0.05) is 28.3 Å². The standard InChI is InChI=1S/2C29H41N2.C2H4O2.CH2O.2Al/c2*1-18(2)24-13-11-14-25(19(3)4)28(24)30-22(9)17-23(10)31-29-26(20(5)6)15-12-16-27(29)21(7)8;1-4-2-3;1-2;;/h2*11-21H,1-10H3;1-2H2;1H2;;/q4*-1;+1;+3/b2*22-17+,31-23?;;;;. The summed E-state index contributed by atoms with van der Waals surface area (Å²) in [6.07, 6.45) is 4.55. The second-order valence-electron chi connectivity index (χ2n) is 22.1. The average Bonchev–Trinajstić information content (AvgIpc) is 3.27. The quantitative estimate of drug-likeness (QED) is 0.0734. The lowest BCUT2D eigenvalue weighted by Gasteiger charge is -2.40. The Bertz CT molecular complexity index is 2240. The Morgan fingerprint density at radius 1 is 0.429 bits per heavy atom. The number of hydrogen-bond acceptors (Lipinski definition) is 7. The first-order valence-corrected chi connectivity index (χ1v) is 30.0. The van der Waals surface area contributed by atoms with Crippen molar-refractivity contribution in [3.05, 3.63) is 141 Å². The maximum absolute atomic E-state index is 7.49. The van der Waals surface area contributed by atoms with Crippen LogP contribution >= 0.6 is 0 Å². The fourth-order valence-corrected chi connectivity index (χ4v) is 15.1. The van der Waals surface area contributed by atoms with Crippen molar-refractivity contribution < 1.29 is 12.3 Å². The fourth-order valence-electron chi connectivity index (χ4n) is 10.00. The number of para-hydroxylation sites is 4.